The lowest BCUT2D eigenvalue weighted by Crippen LogP contribution is -2.46. The number of hydrogen-bond acceptors (Lipinski definition) is 3. The summed E-state index contributed by atoms with van der Waals surface area (Å²) in [4.78, 5) is 15.3. The van der Waals surface area contributed by atoms with E-state index in [0.29, 0.717) is 36.2 Å². The number of thioether (sulfide) groups is 1. The van der Waals surface area contributed by atoms with Crippen molar-refractivity contribution in [3.8, 4) is 0 Å². The van der Waals surface area contributed by atoms with Gasteiger partial charge in [-0.3, -0.25) is 4.79 Å². The van der Waals surface area contributed by atoms with Gasteiger partial charge in [0.2, 0.25) is 0 Å². The molecule has 2 rings (SSSR count). The standard InChI is InChI=1S/C13H15Cl2NO2S/c1-19-10-2-3-12(15)11(6-10)13(17)16-4-5-18-9(7-14)8-16/h2-3,6,9H,4-5,7-8H2,1H3. The first-order valence-electron chi connectivity index (χ1n) is 5.96. The number of carbonyl (C=O) groups is 1. The minimum Gasteiger partial charge on any atom is -0.373 e. The van der Waals surface area contributed by atoms with Crippen LogP contribution in [0.4, 0.5) is 0 Å². The maximum absolute atomic E-state index is 12.5. The summed E-state index contributed by atoms with van der Waals surface area (Å²) in [7, 11) is 0. The minimum absolute atomic E-state index is 0.0562. The Bertz CT molecular complexity index is 470. The van der Waals surface area contributed by atoms with Gasteiger partial charge >= 0.3 is 0 Å². The van der Waals surface area contributed by atoms with Gasteiger partial charge in [0.05, 0.1) is 29.2 Å². The van der Waals surface area contributed by atoms with E-state index in [9.17, 15) is 4.79 Å². The highest BCUT2D eigenvalue weighted by molar-refractivity contribution is 7.98. The molecule has 3 nitrogen and oxygen atoms in total. The Balaban J connectivity index is 2.18. The van der Waals surface area contributed by atoms with Crippen LogP contribution in [0.15, 0.2) is 23.1 Å². The van der Waals surface area contributed by atoms with E-state index in [-0.39, 0.29) is 12.0 Å². The molecule has 0 aromatic heterocycles. The quantitative estimate of drug-likeness (QED) is 0.633. The first-order chi connectivity index (χ1) is 9.15. The molecule has 0 saturated carbocycles. The molecule has 1 atom stereocenters. The lowest BCUT2D eigenvalue weighted by atomic mass is 10.1. The van der Waals surface area contributed by atoms with E-state index in [0.717, 1.165) is 4.90 Å². The summed E-state index contributed by atoms with van der Waals surface area (Å²) in [5, 5.41) is 0.483. The zero-order valence-electron chi connectivity index (χ0n) is 10.6. The molecule has 1 aliphatic rings. The van der Waals surface area contributed by atoms with Crippen molar-refractivity contribution in [1.29, 1.82) is 0 Å². The number of carbonyl (C=O) groups excluding carboxylic acids is 1. The number of benzene rings is 1. The second-order valence-electron chi connectivity index (χ2n) is 4.24. The third-order valence-electron chi connectivity index (χ3n) is 3.00. The fraction of sp³-hybridized carbons (Fsp3) is 0.462. The predicted octanol–water partition coefficient (Wildman–Crippen LogP) is 3.14. The second kappa shape index (κ2) is 6.84. The number of amides is 1. The Kier molecular flexibility index (Phi) is 5.39. The molecule has 1 saturated heterocycles. The van der Waals surface area contributed by atoms with Crippen LogP contribution in [-0.2, 0) is 4.74 Å². The number of morpholine rings is 1. The van der Waals surface area contributed by atoms with Gasteiger partial charge in [-0.2, -0.15) is 0 Å². The Morgan fingerprint density at radius 1 is 1.58 bits per heavy atom. The average molecular weight is 320 g/mol. The Morgan fingerprint density at radius 3 is 3.05 bits per heavy atom. The van der Waals surface area contributed by atoms with Crippen LogP contribution in [0.2, 0.25) is 5.02 Å². The highest BCUT2D eigenvalue weighted by atomic mass is 35.5. The van der Waals surface area contributed by atoms with Crippen LogP contribution in [-0.4, -0.2) is 48.7 Å². The number of nitrogens with zero attached hydrogens (tertiary/aromatic N) is 1. The molecule has 0 spiro atoms. The van der Waals surface area contributed by atoms with Gasteiger partial charge in [-0.25, -0.2) is 0 Å². The number of hydrogen-bond donors (Lipinski definition) is 0. The largest absolute Gasteiger partial charge is 0.373 e. The van der Waals surface area contributed by atoms with Gasteiger partial charge in [-0.05, 0) is 24.5 Å². The van der Waals surface area contributed by atoms with Crippen molar-refractivity contribution >= 4 is 40.9 Å². The number of alkyl halides is 1. The van der Waals surface area contributed by atoms with E-state index >= 15 is 0 Å². The third-order valence-corrected chi connectivity index (χ3v) is 4.40. The molecule has 1 aromatic rings. The highest BCUT2D eigenvalue weighted by Gasteiger charge is 2.25. The van der Waals surface area contributed by atoms with Crippen LogP contribution in [0.5, 0.6) is 0 Å². The molecule has 0 aliphatic carbocycles. The van der Waals surface area contributed by atoms with Crippen molar-refractivity contribution in [2.24, 2.45) is 0 Å². The molecule has 6 heteroatoms. The molecule has 1 unspecified atom stereocenters. The molecular weight excluding hydrogens is 305 g/mol. The molecule has 0 radical (unpaired) electrons. The lowest BCUT2D eigenvalue weighted by Gasteiger charge is -2.32. The van der Waals surface area contributed by atoms with E-state index < -0.39 is 0 Å². The maximum atomic E-state index is 12.5. The summed E-state index contributed by atoms with van der Waals surface area (Å²) < 4.78 is 5.46. The van der Waals surface area contributed by atoms with Gasteiger partial charge < -0.3 is 9.64 Å². The van der Waals surface area contributed by atoms with Crippen LogP contribution < -0.4 is 0 Å². The van der Waals surface area contributed by atoms with Crippen LogP contribution in [0, 0.1) is 0 Å². The summed E-state index contributed by atoms with van der Waals surface area (Å²) in [6.07, 6.45) is 1.87. The van der Waals surface area contributed by atoms with E-state index in [1.807, 2.05) is 18.4 Å². The van der Waals surface area contributed by atoms with Crippen LogP contribution in [0.25, 0.3) is 0 Å². The number of halogens is 2. The van der Waals surface area contributed by atoms with Gasteiger partial charge in [-0.1, -0.05) is 11.6 Å². The van der Waals surface area contributed by atoms with Crippen LogP contribution in [0.3, 0.4) is 0 Å². The van der Waals surface area contributed by atoms with Crippen molar-refractivity contribution in [1.82, 2.24) is 4.90 Å². The van der Waals surface area contributed by atoms with Gasteiger partial charge in [0.15, 0.2) is 0 Å². The first kappa shape index (κ1) is 15.0. The SMILES string of the molecule is CSc1ccc(Cl)c(C(=O)N2CCOC(CCl)C2)c1. The zero-order valence-corrected chi connectivity index (χ0v) is 12.9. The van der Waals surface area contributed by atoms with Crippen molar-refractivity contribution in [3.05, 3.63) is 28.8 Å². The van der Waals surface area contributed by atoms with Gasteiger partial charge in [0, 0.05) is 18.0 Å². The van der Waals surface area contributed by atoms with Crippen LogP contribution in [0.1, 0.15) is 10.4 Å². The van der Waals surface area contributed by atoms with E-state index in [1.165, 1.54) is 0 Å². The van der Waals surface area contributed by atoms with Crippen molar-refractivity contribution in [3.63, 3.8) is 0 Å². The summed E-state index contributed by atoms with van der Waals surface area (Å²) in [5.74, 6) is 0.335. The lowest BCUT2D eigenvalue weighted by molar-refractivity contribution is -0.0108. The van der Waals surface area contributed by atoms with Gasteiger partial charge in [0.1, 0.15) is 0 Å². The van der Waals surface area contributed by atoms with Crippen molar-refractivity contribution < 1.29 is 9.53 Å². The van der Waals surface area contributed by atoms with E-state index in [2.05, 4.69) is 0 Å². The fourth-order valence-electron chi connectivity index (χ4n) is 1.96. The Hall–Kier alpha value is -0.420. The van der Waals surface area contributed by atoms with Crippen LogP contribution >= 0.6 is 35.0 Å². The first-order valence-corrected chi connectivity index (χ1v) is 8.09. The van der Waals surface area contributed by atoms with Crippen molar-refractivity contribution in [2.75, 3.05) is 31.8 Å². The number of rotatable bonds is 3. The minimum atomic E-state index is -0.0955. The molecule has 0 bridgehead atoms. The monoisotopic (exact) mass is 319 g/mol. The molecule has 0 N–H and O–H groups in total. The average Bonchev–Trinajstić information content (AvgIpc) is 2.47. The zero-order chi connectivity index (χ0) is 13.8. The second-order valence-corrected chi connectivity index (χ2v) is 5.84. The molecule has 1 fully saturated rings. The summed E-state index contributed by atoms with van der Waals surface area (Å²) in [6.45, 7) is 1.61. The van der Waals surface area contributed by atoms with Gasteiger partial charge in [-0.15, -0.1) is 23.4 Å². The molecule has 104 valence electrons. The smallest absolute Gasteiger partial charge is 0.255 e. The molecule has 1 heterocycles. The Morgan fingerprint density at radius 2 is 2.37 bits per heavy atom. The predicted molar refractivity (Wildman–Crippen MR) is 79.6 cm³/mol. The molecule has 1 aliphatic heterocycles. The molecule has 1 amide bonds. The summed E-state index contributed by atoms with van der Waals surface area (Å²) in [6, 6.07) is 5.51. The summed E-state index contributed by atoms with van der Waals surface area (Å²) >= 11 is 13.5. The molecular formula is C13H15Cl2NO2S. The van der Waals surface area contributed by atoms with E-state index in [4.69, 9.17) is 27.9 Å². The fourth-order valence-corrected chi connectivity index (χ4v) is 2.79. The maximum Gasteiger partial charge on any atom is 0.255 e. The summed E-state index contributed by atoms with van der Waals surface area (Å²) in [5.41, 5.74) is 0.545. The van der Waals surface area contributed by atoms with E-state index in [1.54, 1.807) is 22.7 Å². The highest BCUT2D eigenvalue weighted by Crippen LogP contribution is 2.25. The molecule has 19 heavy (non-hydrogen) atoms. The third kappa shape index (κ3) is 3.57. The topological polar surface area (TPSA) is 29.5 Å². The molecule has 1 aromatic carbocycles. The Labute approximate surface area is 127 Å². The normalized spacial score (nSPS) is 19.5. The number of ether oxygens (including phenoxy) is 1. The van der Waals surface area contributed by atoms with Gasteiger partial charge in [0.25, 0.3) is 5.91 Å². The van der Waals surface area contributed by atoms with Crippen molar-refractivity contribution in [2.45, 2.75) is 11.0 Å².